The molecule has 1 amide bonds. The third-order valence-electron chi connectivity index (χ3n) is 4.40. The average molecular weight is 371 g/mol. The van der Waals surface area contributed by atoms with Crippen LogP contribution in [0.5, 0.6) is 0 Å². The van der Waals surface area contributed by atoms with E-state index in [2.05, 4.69) is 15.6 Å². The Labute approximate surface area is 151 Å². The van der Waals surface area contributed by atoms with E-state index in [4.69, 9.17) is 0 Å². The van der Waals surface area contributed by atoms with Gasteiger partial charge in [-0.15, -0.1) is 23.7 Å². The summed E-state index contributed by atoms with van der Waals surface area (Å²) in [5.41, 5.74) is 0.943. The molecule has 0 bridgehead atoms. The summed E-state index contributed by atoms with van der Waals surface area (Å²) in [5.74, 6) is -0.0103. The highest BCUT2D eigenvalue weighted by Gasteiger charge is 2.16. The van der Waals surface area contributed by atoms with Gasteiger partial charge in [-0.2, -0.15) is 0 Å². The van der Waals surface area contributed by atoms with Gasteiger partial charge < -0.3 is 10.6 Å². The molecule has 0 radical (unpaired) electrons. The molecule has 2 aromatic heterocycles. The van der Waals surface area contributed by atoms with E-state index < -0.39 is 0 Å². The van der Waals surface area contributed by atoms with Crippen LogP contribution in [0.15, 0.2) is 11.1 Å². The zero-order valence-corrected chi connectivity index (χ0v) is 15.6. The standard InChI is InChI=1S/C16H22N4O2S.ClH/c1-10-11(2)23-15-14(10)16(22)20(9-18-15)7-5-13(21)19-12-4-3-6-17-8-12;/h9,12,17H,3-8H2,1-2H3,(H,19,21);1H/t12-;/m0./s1. The Morgan fingerprint density at radius 2 is 2.29 bits per heavy atom. The van der Waals surface area contributed by atoms with Crippen LogP contribution in [0.1, 0.15) is 29.7 Å². The normalized spacial score (nSPS) is 17.5. The van der Waals surface area contributed by atoms with Crippen molar-refractivity contribution >= 4 is 39.9 Å². The predicted molar refractivity (Wildman–Crippen MR) is 99.3 cm³/mol. The molecule has 1 aliphatic heterocycles. The van der Waals surface area contributed by atoms with E-state index >= 15 is 0 Å². The van der Waals surface area contributed by atoms with Crippen LogP contribution in [-0.2, 0) is 11.3 Å². The first kappa shape index (κ1) is 18.9. The number of fused-ring (bicyclic) bond motifs is 1. The number of nitrogens with one attached hydrogen (secondary N) is 2. The van der Waals surface area contributed by atoms with Crippen LogP contribution in [0.3, 0.4) is 0 Å². The first-order valence-electron chi connectivity index (χ1n) is 8.01. The van der Waals surface area contributed by atoms with Crippen molar-refractivity contribution in [2.24, 2.45) is 0 Å². The second-order valence-corrected chi connectivity index (χ2v) is 7.27. The maximum absolute atomic E-state index is 12.6. The van der Waals surface area contributed by atoms with Crippen molar-refractivity contribution in [1.29, 1.82) is 0 Å². The summed E-state index contributed by atoms with van der Waals surface area (Å²) in [7, 11) is 0. The molecule has 8 heteroatoms. The smallest absolute Gasteiger partial charge is 0.262 e. The number of nitrogens with zero attached hydrogens (tertiary/aromatic N) is 2. The van der Waals surface area contributed by atoms with Crippen LogP contribution in [0.4, 0.5) is 0 Å². The van der Waals surface area contributed by atoms with Gasteiger partial charge in [0.25, 0.3) is 5.56 Å². The van der Waals surface area contributed by atoms with Gasteiger partial charge in [0.05, 0.1) is 11.7 Å². The minimum atomic E-state index is -0.0519. The lowest BCUT2D eigenvalue weighted by Crippen LogP contribution is -2.45. The quantitative estimate of drug-likeness (QED) is 0.859. The average Bonchev–Trinajstić information content (AvgIpc) is 2.83. The molecule has 1 fully saturated rings. The van der Waals surface area contributed by atoms with Gasteiger partial charge in [-0.1, -0.05) is 0 Å². The van der Waals surface area contributed by atoms with Gasteiger partial charge in [0.2, 0.25) is 5.91 Å². The molecular formula is C16H23ClN4O2S. The molecule has 1 saturated heterocycles. The van der Waals surface area contributed by atoms with E-state index in [1.165, 1.54) is 11.3 Å². The van der Waals surface area contributed by atoms with Crippen LogP contribution in [-0.4, -0.2) is 34.6 Å². The SMILES string of the molecule is Cc1sc2ncn(CCC(=O)N[C@H]3CCCNC3)c(=O)c2c1C.Cl. The number of carbonyl (C=O) groups excluding carboxylic acids is 1. The number of halogens is 1. The molecule has 1 atom stereocenters. The Bertz CT molecular complexity index is 780. The number of hydrogen-bond acceptors (Lipinski definition) is 5. The highest BCUT2D eigenvalue weighted by molar-refractivity contribution is 7.18. The highest BCUT2D eigenvalue weighted by atomic mass is 35.5. The largest absolute Gasteiger partial charge is 0.352 e. The Hall–Kier alpha value is -1.44. The van der Waals surface area contributed by atoms with E-state index in [9.17, 15) is 9.59 Å². The molecule has 3 rings (SSSR count). The fourth-order valence-electron chi connectivity index (χ4n) is 2.93. The molecule has 0 saturated carbocycles. The first-order valence-corrected chi connectivity index (χ1v) is 8.83. The van der Waals surface area contributed by atoms with Gasteiger partial charge in [-0.3, -0.25) is 14.2 Å². The first-order chi connectivity index (χ1) is 11.1. The van der Waals surface area contributed by atoms with Crippen molar-refractivity contribution in [1.82, 2.24) is 20.2 Å². The summed E-state index contributed by atoms with van der Waals surface area (Å²) in [6.07, 6.45) is 3.95. The van der Waals surface area contributed by atoms with E-state index in [1.807, 2.05) is 13.8 Å². The van der Waals surface area contributed by atoms with Gasteiger partial charge >= 0.3 is 0 Å². The van der Waals surface area contributed by atoms with Crippen LogP contribution < -0.4 is 16.2 Å². The number of rotatable bonds is 4. The third kappa shape index (κ3) is 3.96. The molecule has 0 spiro atoms. The molecule has 0 unspecified atom stereocenters. The van der Waals surface area contributed by atoms with Crippen molar-refractivity contribution in [2.45, 2.75) is 45.7 Å². The number of thiophene rings is 1. The number of aryl methyl sites for hydroxylation is 3. The van der Waals surface area contributed by atoms with Crippen molar-refractivity contribution in [3.63, 3.8) is 0 Å². The van der Waals surface area contributed by atoms with Crippen molar-refractivity contribution < 1.29 is 4.79 Å². The molecule has 3 heterocycles. The zero-order chi connectivity index (χ0) is 16.4. The lowest BCUT2D eigenvalue weighted by atomic mass is 10.1. The Balaban J connectivity index is 0.00000208. The monoisotopic (exact) mass is 370 g/mol. The lowest BCUT2D eigenvalue weighted by molar-refractivity contribution is -0.122. The van der Waals surface area contributed by atoms with Crippen molar-refractivity contribution in [3.8, 4) is 0 Å². The van der Waals surface area contributed by atoms with E-state index in [0.717, 1.165) is 41.2 Å². The number of hydrogen-bond donors (Lipinski definition) is 2. The number of aromatic nitrogens is 2. The van der Waals surface area contributed by atoms with Crippen molar-refractivity contribution in [3.05, 3.63) is 27.1 Å². The Morgan fingerprint density at radius 1 is 1.50 bits per heavy atom. The van der Waals surface area contributed by atoms with Gasteiger partial charge in [0.1, 0.15) is 4.83 Å². The summed E-state index contributed by atoms with van der Waals surface area (Å²) in [5, 5.41) is 6.99. The molecule has 0 aliphatic carbocycles. The maximum Gasteiger partial charge on any atom is 0.262 e. The minimum absolute atomic E-state index is 0. The Morgan fingerprint density at radius 3 is 3.00 bits per heavy atom. The molecular weight excluding hydrogens is 348 g/mol. The van der Waals surface area contributed by atoms with Gasteiger partial charge in [0, 0.05) is 30.4 Å². The van der Waals surface area contributed by atoms with Crippen LogP contribution >= 0.6 is 23.7 Å². The topological polar surface area (TPSA) is 76.0 Å². The zero-order valence-electron chi connectivity index (χ0n) is 13.9. The molecule has 24 heavy (non-hydrogen) atoms. The predicted octanol–water partition coefficient (Wildman–Crippen LogP) is 1.75. The number of amides is 1. The van der Waals surface area contributed by atoms with Crippen LogP contribution in [0.2, 0.25) is 0 Å². The summed E-state index contributed by atoms with van der Waals surface area (Å²) < 4.78 is 1.54. The van der Waals surface area contributed by atoms with E-state index in [-0.39, 0.29) is 29.9 Å². The number of carbonyl (C=O) groups is 1. The second kappa shape index (κ2) is 8.09. The summed E-state index contributed by atoms with van der Waals surface area (Å²) in [4.78, 5) is 30.9. The maximum atomic E-state index is 12.6. The molecule has 132 valence electrons. The van der Waals surface area contributed by atoms with E-state index in [0.29, 0.717) is 18.4 Å². The molecule has 1 aliphatic rings. The molecule has 2 N–H and O–H groups in total. The summed E-state index contributed by atoms with van der Waals surface area (Å²) in [6, 6.07) is 0.204. The van der Waals surface area contributed by atoms with Gasteiger partial charge in [0.15, 0.2) is 0 Å². The van der Waals surface area contributed by atoms with E-state index in [1.54, 1.807) is 10.9 Å². The molecule has 0 aromatic carbocycles. The van der Waals surface area contributed by atoms with Crippen LogP contribution in [0.25, 0.3) is 10.2 Å². The number of piperidine rings is 1. The second-order valence-electron chi connectivity index (χ2n) is 6.07. The lowest BCUT2D eigenvalue weighted by Gasteiger charge is -2.23. The fourth-order valence-corrected chi connectivity index (χ4v) is 3.91. The Kier molecular flexibility index (Phi) is 6.37. The molecule has 2 aromatic rings. The highest BCUT2D eigenvalue weighted by Crippen LogP contribution is 2.25. The summed E-state index contributed by atoms with van der Waals surface area (Å²) in [6.45, 7) is 6.16. The third-order valence-corrected chi connectivity index (χ3v) is 5.51. The minimum Gasteiger partial charge on any atom is -0.352 e. The van der Waals surface area contributed by atoms with Gasteiger partial charge in [-0.05, 0) is 38.8 Å². The van der Waals surface area contributed by atoms with Gasteiger partial charge in [-0.25, -0.2) is 4.98 Å². The fraction of sp³-hybridized carbons (Fsp3) is 0.562. The summed E-state index contributed by atoms with van der Waals surface area (Å²) >= 11 is 1.54. The molecule has 6 nitrogen and oxygen atoms in total. The van der Waals surface area contributed by atoms with Crippen molar-refractivity contribution in [2.75, 3.05) is 13.1 Å². The van der Waals surface area contributed by atoms with Crippen LogP contribution in [0, 0.1) is 13.8 Å².